The van der Waals surface area contributed by atoms with Crippen molar-refractivity contribution < 1.29 is 4.79 Å². The Morgan fingerprint density at radius 1 is 1.08 bits per heavy atom. The van der Waals surface area contributed by atoms with Gasteiger partial charge in [-0.15, -0.1) is 0 Å². The van der Waals surface area contributed by atoms with E-state index in [-0.39, 0.29) is 5.91 Å². The van der Waals surface area contributed by atoms with Gasteiger partial charge >= 0.3 is 0 Å². The molecule has 0 atom stereocenters. The van der Waals surface area contributed by atoms with E-state index in [1.54, 1.807) is 0 Å². The Labute approximate surface area is 143 Å². The van der Waals surface area contributed by atoms with Crippen LogP contribution in [-0.4, -0.2) is 16.6 Å². The number of nitrogens with one attached hydrogen (secondary N) is 2. The maximum Gasteiger partial charge on any atom is 0.273 e. The number of aromatic amines is 1. The first-order valence-electron chi connectivity index (χ1n) is 7.60. The SMILES string of the molecule is O=C1NN=C(Cc2ccc(Cl)cc2)C1=Cc1c[nH]c2ccccc12. The highest BCUT2D eigenvalue weighted by Crippen LogP contribution is 2.23. The van der Waals surface area contributed by atoms with E-state index < -0.39 is 0 Å². The zero-order valence-electron chi connectivity index (χ0n) is 12.7. The zero-order valence-corrected chi connectivity index (χ0v) is 13.5. The third-order valence-corrected chi connectivity index (χ3v) is 4.31. The first-order valence-corrected chi connectivity index (χ1v) is 7.98. The Morgan fingerprint density at radius 3 is 2.71 bits per heavy atom. The van der Waals surface area contributed by atoms with Crippen molar-refractivity contribution in [2.45, 2.75) is 6.42 Å². The summed E-state index contributed by atoms with van der Waals surface area (Å²) in [6.07, 6.45) is 4.36. The van der Waals surface area contributed by atoms with E-state index >= 15 is 0 Å². The third kappa shape index (κ3) is 2.72. The van der Waals surface area contributed by atoms with Gasteiger partial charge in [-0.3, -0.25) is 4.79 Å². The fourth-order valence-corrected chi connectivity index (χ4v) is 2.94. The topological polar surface area (TPSA) is 57.2 Å². The standard InChI is InChI=1S/C19H14ClN3O/c20-14-7-5-12(6-8-14)9-18-16(19(24)23-22-18)10-13-11-21-17-4-2-1-3-15(13)17/h1-8,10-11,21H,9H2,(H,23,24). The first kappa shape index (κ1) is 14.7. The number of carbonyl (C=O) groups excluding carboxylic acids is 1. The summed E-state index contributed by atoms with van der Waals surface area (Å²) >= 11 is 5.92. The molecule has 4 nitrogen and oxygen atoms in total. The second kappa shape index (κ2) is 5.98. The number of para-hydroxylation sites is 1. The highest BCUT2D eigenvalue weighted by Gasteiger charge is 2.23. The summed E-state index contributed by atoms with van der Waals surface area (Å²) < 4.78 is 0. The number of aromatic nitrogens is 1. The number of H-pyrrole nitrogens is 1. The van der Waals surface area contributed by atoms with E-state index in [0.717, 1.165) is 27.7 Å². The van der Waals surface area contributed by atoms with Gasteiger partial charge in [0.2, 0.25) is 0 Å². The van der Waals surface area contributed by atoms with Crippen LogP contribution in [0.3, 0.4) is 0 Å². The Kier molecular flexibility index (Phi) is 3.67. The molecule has 118 valence electrons. The van der Waals surface area contributed by atoms with Gasteiger partial charge in [0.1, 0.15) is 0 Å². The molecular weight excluding hydrogens is 322 g/mol. The van der Waals surface area contributed by atoms with Gasteiger partial charge in [0.25, 0.3) is 5.91 Å². The van der Waals surface area contributed by atoms with E-state index in [1.165, 1.54) is 0 Å². The minimum Gasteiger partial charge on any atom is -0.361 e. The van der Waals surface area contributed by atoms with Crippen molar-refractivity contribution in [2.24, 2.45) is 5.10 Å². The molecule has 2 heterocycles. The van der Waals surface area contributed by atoms with Crippen molar-refractivity contribution in [2.75, 3.05) is 0 Å². The molecule has 0 bridgehead atoms. The van der Waals surface area contributed by atoms with Crippen LogP contribution < -0.4 is 5.43 Å². The van der Waals surface area contributed by atoms with Crippen LogP contribution in [0, 0.1) is 0 Å². The van der Waals surface area contributed by atoms with Gasteiger partial charge in [0.15, 0.2) is 0 Å². The highest BCUT2D eigenvalue weighted by molar-refractivity contribution is 6.30. The molecule has 0 saturated carbocycles. The summed E-state index contributed by atoms with van der Waals surface area (Å²) in [7, 11) is 0. The van der Waals surface area contributed by atoms with Crippen molar-refractivity contribution in [1.82, 2.24) is 10.4 Å². The number of rotatable bonds is 3. The van der Waals surface area contributed by atoms with E-state index in [2.05, 4.69) is 15.5 Å². The number of nitrogens with zero attached hydrogens (tertiary/aromatic N) is 1. The monoisotopic (exact) mass is 335 g/mol. The summed E-state index contributed by atoms with van der Waals surface area (Å²) in [6.45, 7) is 0. The predicted molar refractivity (Wildman–Crippen MR) is 97.0 cm³/mol. The molecule has 0 aliphatic carbocycles. The molecule has 0 spiro atoms. The summed E-state index contributed by atoms with van der Waals surface area (Å²) in [5.41, 5.74) is 6.95. The van der Waals surface area contributed by atoms with Crippen molar-refractivity contribution in [1.29, 1.82) is 0 Å². The van der Waals surface area contributed by atoms with Crippen molar-refractivity contribution in [3.8, 4) is 0 Å². The fraction of sp³-hybridized carbons (Fsp3) is 0.0526. The number of benzene rings is 2. The summed E-state index contributed by atoms with van der Waals surface area (Å²) in [4.78, 5) is 15.4. The van der Waals surface area contributed by atoms with Gasteiger partial charge in [-0.25, -0.2) is 5.43 Å². The lowest BCUT2D eigenvalue weighted by atomic mass is 10.0. The zero-order chi connectivity index (χ0) is 16.5. The van der Waals surface area contributed by atoms with Gasteiger partial charge in [-0.2, -0.15) is 5.10 Å². The smallest absolute Gasteiger partial charge is 0.273 e. The largest absolute Gasteiger partial charge is 0.361 e. The predicted octanol–water partition coefficient (Wildman–Crippen LogP) is 3.93. The molecule has 5 heteroatoms. The van der Waals surface area contributed by atoms with Crippen LogP contribution >= 0.6 is 11.6 Å². The Hall–Kier alpha value is -2.85. The molecule has 2 aromatic carbocycles. The van der Waals surface area contributed by atoms with Gasteiger partial charge in [-0.1, -0.05) is 41.9 Å². The lowest BCUT2D eigenvalue weighted by Crippen LogP contribution is -2.13. The van der Waals surface area contributed by atoms with Crippen LogP contribution in [0.4, 0.5) is 0 Å². The number of hydrazone groups is 1. The molecule has 0 fully saturated rings. The van der Waals surface area contributed by atoms with Crippen LogP contribution in [0.2, 0.25) is 5.02 Å². The molecule has 0 saturated heterocycles. The van der Waals surface area contributed by atoms with Crippen molar-refractivity contribution in [3.63, 3.8) is 0 Å². The number of carbonyl (C=O) groups is 1. The second-order valence-corrected chi connectivity index (χ2v) is 6.09. The average molecular weight is 336 g/mol. The first-order chi connectivity index (χ1) is 11.7. The molecule has 2 N–H and O–H groups in total. The van der Waals surface area contributed by atoms with E-state index in [1.807, 2.05) is 60.8 Å². The number of halogens is 1. The summed E-state index contributed by atoms with van der Waals surface area (Å²) in [5, 5.41) is 5.95. The van der Waals surface area contributed by atoms with Crippen LogP contribution in [0.1, 0.15) is 11.1 Å². The summed E-state index contributed by atoms with van der Waals surface area (Å²) in [6, 6.07) is 15.6. The van der Waals surface area contributed by atoms with Gasteiger partial charge < -0.3 is 4.98 Å². The lowest BCUT2D eigenvalue weighted by molar-refractivity contribution is -0.116. The molecule has 0 unspecified atom stereocenters. The van der Waals surface area contributed by atoms with Crippen molar-refractivity contribution >= 4 is 40.2 Å². The van der Waals surface area contributed by atoms with Crippen LogP contribution in [0.25, 0.3) is 17.0 Å². The van der Waals surface area contributed by atoms with Gasteiger partial charge in [0, 0.05) is 34.1 Å². The Morgan fingerprint density at radius 2 is 1.88 bits per heavy atom. The van der Waals surface area contributed by atoms with E-state index in [0.29, 0.717) is 17.0 Å². The molecular formula is C19H14ClN3O. The quantitative estimate of drug-likeness (QED) is 0.700. The van der Waals surface area contributed by atoms with E-state index in [4.69, 9.17) is 11.6 Å². The van der Waals surface area contributed by atoms with Gasteiger partial charge in [0.05, 0.1) is 11.3 Å². The molecule has 24 heavy (non-hydrogen) atoms. The molecule has 1 amide bonds. The third-order valence-electron chi connectivity index (χ3n) is 4.05. The lowest BCUT2D eigenvalue weighted by Gasteiger charge is -2.02. The average Bonchev–Trinajstić information content (AvgIpc) is 3.16. The number of hydrogen-bond donors (Lipinski definition) is 2. The number of fused-ring (bicyclic) bond motifs is 1. The molecule has 3 aromatic rings. The molecule has 1 aliphatic rings. The van der Waals surface area contributed by atoms with Gasteiger partial charge in [-0.05, 0) is 29.8 Å². The maximum absolute atomic E-state index is 12.2. The number of hydrogen-bond acceptors (Lipinski definition) is 2. The highest BCUT2D eigenvalue weighted by atomic mass is 35.5. The van der Waals surface area contributed by atoms with Crippen LogP contribution in [0.15, 0.2) is 65.4 Å². The fourth-order valence-electron chi connectivity index (χ4n) is 2.82. The van der Waals surface area contributed by atoms with Crippen LogP contribution in [-0.2, 0) is 11.2 Å². The van der Waals surface area contributed by atoms with E-state index in [9.17, 15) is 4.79 Å². The molecule has 1 aromatic heterocycles. The minimum absolute atomic E-state index is 0.177. The molecule has 1 aliphatic heterocycles. The number of amides is 1. The molecule has 0 radical (unpaired) electrons. The van der Waals surface area contributed by atoms with Crippen molar-refractivity contribution in [3.05, 3.63) is 76.5 Å². The molecule has 4 rings (SSSR count). The second-order valence-electron chi connectivity index (χ2n) is 5.65. The Balaban J connectivity index is 1.68. The Bertz CT molecular complexity index is 983. The maximum atomic E-state index is 12.2. The minimum atomic E-state index is -0.177. The summed E-state index contributed by atoms with van der Waals surface area (Å²) in [5.74, 6) is -0.177. The van der Waals surface area contributed by atoms with Crippen LogP contribution in [0.5, 0.6) is 0 Å². The normalized spacial score (nSPS) is 15.8.